The highest BCUT2D eigenvalue weighted by molar-refractivity contribution is 6.20. The molecule has 74 valence electrons. The molecule has 1 aromatic heterocycles. The first kappa shape index (κ1) is 9.12. The second-order valence-electron chi connectivity index (χ2n) is 3.33. The largest absolute Gasteiger partial charge is 0.294 e. The zero-order chi connectivity index (χ0) is 9.97. The maximum absolute atomic E-state index is 11.6. The van der Waals surface area contributed by atoms with E-state index in [2.05, 4.69) is 10.1 Å². The molecule has 1 aliphatic rings. The lowest BCUT2D eigenvalue weighted by molar-refractivity contribution is -0.114. The SMILES string of the molecule is CCn1ncnc1C1=CCCCC1=O. The van der Waals surface area contributed by atoms with Crippen LogP contribution < -0.4 is 0 Å². The summed E-state index contributed by atoms with van der Waals surface area (Å²) in [5.41, 5.74) is 0.746. The summed E-state index contributed by atoms with van der Waals surface area (Å²) in [5.74, 6) is 0.913. The molecule has 0 aliphatic heterocycles. The zero-order valence-corrected chi connectivity index (χ0v) is 8.23. The van der Waals surface area contributed by atoms with E-state index in [0.29, 0.717) is 6.42 Å². The maximum atomic E-state index is 11.6. The van der Waals surface area contributed by atoms with Crippen molar-refractivity contribution in [3.05, 3.63) is 18.2 Å². The van der Waals surface area contributed by atoms with Crippen LogP contribution >= 0.6 is 0 Å². The zero-order valence-electron chi connectivity index (χ0n) is 8.23. The van der Waals surface area contributed by atoms with Crippen LogP contribution in [-0.2, 0) is 11.3 Å². The Labute approximate surface area is 82.6 Å². The van der Waals surface area contributed by atoms with E-state index in [1.165, 1.54) is 6.33 Å². The van der Waals surface area contributed by atoms with E-state index >= 15 is 0 Å². The molecule has 0 amide bonds. The van der Waals surface area contributed by atoms with Gasteiger partial charge in [0.1, 0.15) is 6.33 Å². The minimum absolute atomic E-state index is 0.193. The lowest BCUT2D eigenvalue weighted by Crippen LogP contribution is -2.12. The van der Waals surface area contributed by atoms with Crippen LogP contribution in [0, 0.1) is 0 Å². The smallest absolute Gasteiger partial charge is 0.166 e. The number of allylic oxidation sites excluding steroid dienone is 2. The summed E-state index contributed by atoms with van der Waals surface area (Å²) in [6.45, 7) is 2.74. The Balaban J connectivity index is 2.38. The van der Waals surface area contributed by atoms with Gasteiger partial charge in [0, 0.05) is 13.0 Å². The molecule has 0 saturated carbocycles. The van der Waals surface area contributed by atoms with Crippen LogP contribution in [-0.4, -0.2) is 20.5 Å². The quantitative estimate of drug-likeness (QED) is 0.710. The van der Waals surface area contributed by atoms with E-state index < -0.39 is 0 Å². The van der Waals surface area contributed by atoms with Crippen LogP contribution in [0.4, 0.5) is 0 Å². The lowest BCUT2D eigenvalue weighted by Gasteiger charge is -2.11. The van der Waals surface area contributed by atoms with Gasteiger partial charge in [-0.3, -0.25) is 4.79 Å². The molecular formula is C10H13N3O. The predicted octanol–water partition coefficient (Wildman–Crippen LogP) is 1.43. The molecule has 0 fully saturated rings. The van der Waals surface area contributed by atoms with Crippen molar-refractivity contribution in [2.75, 3.05) is 0 Å². The van der Waals surface area contributed by atoms with Gasteiger partial charge in [0.05, 0.1) is 5.57 Å². The van der Waals surface area contributed by atoms with Crippen molar-refractivity contribution in [1.29, 1.82) is 0 Å². The number of Topliss-reactive ketones (excluding diaryl/α,β-unsaturated/α-hetero) is 1. The topological polar surface area (TPSA) is 47.8 Å². The number of carbonyl (C=O) groups is 1. The summed E-state index contributed by atoms with van der Waals surface area (Å²) in [7, 11) is 0. The summed E-state index contributed by atoms with van der Waals surface area (Å²) < 4.78 is 1.76. The Morgan fingerprint density at radius 3 is 3.14 bits per heavy atom. The number of carbonyl (C=O) groups excluding carboxylic acids is 1. The second-order valence-corrected chi connectivity index (χ2v) is 3.33. The third kappa shape index (κ3) is 1.47. The van der Waals surface area contributed by atoms with Gasteiger partial charge in [-0.1, -0.05) is 6.08 Å². The number of aryl methyl sites for hydroxylation is 1. The number of nitrogens with zero attached hydrogens (tertiary/aromatic N) is 3. The fraction of sp³-hybridized carbons (Fsp3) is 0.500. The summed E-state index contributed by atoms with van der Waals surface area (Å²) in [5, 5.41) is 4.06. The molecule has 4 nitrogen and oxygen atoms in total. The molecule has 0 aromatic carbocycles. The minimum atomic E-state index is 0.193. The molecule has 0 N–H and O–H groups in total. The lowest BCUT2D eigenvalue weighted by atomic mass is 9.98. The van der Waals surface area contributed by atoms with Gasteiger partial charge < -0.3 is 0 Å². The highest BCUT2D eigenvalue weighted by atomic mass is 16.1. The van der Waals surface area contributed by atoms with E-state index in [1.54, 1.807) is 4.68 Å². The minimum Gasteiger partial charge on any atom is -0.294 e. The monoisotopic (exact) mass is 191 g/mol. The average molecular weight is 191 g/mol. The van der Waals surface area contributed by atoms with Gasteiger partial charge in [-0.05, 0) is 19.8 Å². The Kier molecular flexibility index (Phi) is 2.43. The van der Waals surface area contributed by atoms with Crippen molar-refractivity contribution in [3.63, 3.8) is 0 Å². The molecular weight excluding hydrogens is 178 g/mol. The van der Waals surface area contributed by atoms with Crippen molar-refractivity contribution in [3.8, 4) is 0 Å². The van der Waals surface area contributed by atoms with Gasteiger partial charge in [-0.2, -0.15) is 5.10 Å². The first-order valence-electron chi connectivity index (χ1n) is 4.94. The Bertz CT molecular complexity index is 378. The summed E-state index contributed by atoms with van der Waals surface area (Å²) in [6.07, 6.45) is 6.05. The third-order valence-electron chi connectivity index (χ3n) is 2.41. The van der Waals surface area contributed by atoms with Crippen molar-refractivity contribution in [2.45, 2.75) is 32.7 Å². The summed E-state index contributed by atoms with van der Waals surface area (Å²) in [6, 6.07) is 0. The van der Waals surface area contributed by atoms with E-state index in [4.69, 9.17) is 0 Å². The van der Waals surface area contributed by atoms with Gasteiger partial charge >= 0.3 is 0 Å². The molecule has 0 unspecified atom stereocenters. The number of hydrogen-bond acceptors (Lipinski definition) is 3. The van der Waals surface area contributed by atoms with Crippen LogP contribution in [0.5, 0.6) is 0 Å². The molecule has 1 aromatic rings. The molecule has 2 rings (SSSR count). The van der Waals surface area contributed by atoms with Crippen molar-refractivity contribution >= 4 is 11.4 Å². The van der Waals surface area contributed by atoms with Crippen molar-refractivity contribution < 1.29 is 4.79 Å². The Morgan fingerprint density at radius 1 is 1.57 bits per heavy atom. The van der Waals surface area contributed by atoms with Gasteiger partial charge in [-0.15, -0.1) is 0 Å². The molecule has 14 heavy (non-hydrogen) atoms. The van der Waals surface area contributed by atoms with Gasteiger partial charge in [-0.25, -0.2) is 9.67 Å². The Morgan fingerprint density at radius 2 is 2.43 bits per heavy atom. The number of hydrogen-bond donors (Lipinski definition) is 0. The second kappa shape index (κ2) is 3.74. The maximum Gasteiger partial charge on any atom is 0.166 e. The standard InChI is InChI=1S/C10H13N3O/c1-2-13-10(11-7-12-13)8-5-3-4-6-9(8)14/h5,7H,2-4,6H2,1H3. The van der Waals surface area contributed by atoms with Crippen LogP contribution in [0.2, 0.25) is 0 Å². The molecule has 1 heterocycles. The number of rotatable bonds is 2. The highest BCUT2D eigenvalue weighted by Crippen LogP contribution is 2.21. The number of ketones is 1. The normalized spacial score (nSPS) is 16.9. The van der Waals surface area contributed by atoms with Crippen LogP contribution in [0.3, 0.4) is 0 Å². The molecule has 1 aliphatic carbocycles. The number of aromatic nitrogens is 3. The van der Waals surface area contributed by atoms with E-state index in [0.717, 1.165) is 30.8 Å². The van der Waals surface area contributed by atoms with Crippen molar-refractivity contribution in [2.24, 2.45) is 0 Å². The average Bonchev–Trinajstić information content (AvgIpc) is 2.66. The van der Waals surface area contributed by atoms with Crippen LogP contribution in [0.25, 0.3) is 5.57 Å². The van der Waals surface area contributed by atoms with E-state index in [-0.39, 0.29) is 5.78 Å². The van der Waals surface area contributed by atoms with Gasteiger partial charge in [0.15, 0.2) is 11.6 Å². The third-order valence-corrected chi connectivity index (χ3v) is 2.41. The van der Waals surface area contributed by atoms with E-state index in [1.807, 2.05) is 13.0 Å². The summed E-state index contributed by atoms with van der Waals surface area (Å²) in [4.78, 5) is 15.7. The molecule has 0 saturated heterocycles. The fourth-order valence-electron chi connectivity index (χ4n) is 1.68. The first-order chi connectivity index (χ1) is 6.83. The molecule has 0 spiro atoms. The molecule has 4 heteroatoms. The molecule has 0 radical (unpaired) electrons. The van der Waals surface area contributed by atoms with Gasteiger partial charge in [0.2, 0.25) is 0 Å². The summed E-state index contributed by atoms with van der Waals surface area (Å²) >= 11 is 0. The van der Waals surface area contributed by atoms with Crippen LogP contribution in [0.1, 0.15) is 32.0 Å². The van der Waals surface area contributed by atoms with Crippen molar-refractivity contribution in [1.82, 2.24) is 14.8 Å². The Hall–Kier alpha value is -1.45. The fourth-order valence-corrected chi connectivity index (χ4v) is 1.68. The highest BCUT2D eigenvalue weighted by Gasteiger charge is 2.19. The molecule has 0 atom stereocenters. The van der Waals surface area contributed by atoms with E-state index in [9.17, 15) is 4.79 Å². The first-order valence-corrected chi connectivity index (χ1v) is 4.94. The van der Waals surface area contributed by atoms with Gasteiger partial charge in [0.25, 0.3) is 0 Å². The predicted molar refractivity (Wildman–Crippen MR) is 52.5 cm³/mol. The molecule has 0 bridgehead atoms. The van der Waals surface area contributed by atoms with Crippen LogP contribution in [0.15, 0.2) is 12.4 Å².